The largest absolute Gasteiger partial charge is 0.490 e. The van der Waals surface area contributed by atoms with E-state index in [0.29, 0.717) is 49.7 Å². The molecule has 1 fully saturated rings. The van der Waals surface area contributed by atoms with Gasteiger partial charge in [0.05, 0.1) is 23.6 Å². The number of rotatable bonds is 6. The lowest BCUT2D eigenvalue weighted by atomic mass is 9.68. The van der Waals surface area contributed by atoms with E-state index in [1.54, 1.807) is 24.1 Å². The van der Waals surface area contributed by atoms with Crippen LogP contribution in [0.1, 0.15) is 91.0 Å². The molecule has 1 saturated carbocycles. The van der Waals surface area contributed by atoms with Crippen LogP contribution in [0.5, 0.6) is 5.75 Å². The third-order valence-corrected chi connectivity index (χ3v) is 14.4. The minimum Gasteiger partial charge on any atom is -0.490 e. The fourth-order valence-corrected chi connectivity index (χ4v) is 11.0. The van der Waals surface area contributed by atoms with Crippen LogP contribution in [0.2, 0.25) is 0 Å². The summed E-state index contributed by atoms with van der Waals surface area (Å²) >= 11 is 0. The number of allylic oxidation sites excluding steroid dienone is 1. The van der Waals surface area contributed by atoms with Crippen LogP contribution in [-0.2, 0) is 44.8 Å². The Morgan fingerprint density at radius 3 is 2.77 bits per heavy atom. The lowest BCUT2D eigenvalue weighted by Crippen LogP contribution is -2.49. The molecule has 2 bridgehead atoms. The van der Waals surface area contributed by atoms with Crippen LogP contribution >= 0.6 is 0 Å². The van der Waals surface area contributed by atoms with Gasteiger partial charge in [-0.3, -0.25) is 19.0 Å². The summed E-state index contributed by atoms with van der Waals surface area (Å²) in [5.74, 6) is 0.516. The average molecular weight is 728 g/mol. The number of amides is 2. The molecule has 7 rings (SSSR count). The minimum atomic E-state index is -3.49. The zero-order valence-corrected chi connectivity index (χ0v) is 31.8. The normalized spacial score (nSPS) is 29.5. The van der Waals surface area contributed by atoms with E-state index >= 15 is 0 Å². The van der Waals surface area contributed by atoms with Gasteiger partial charge < -0.3 is 14.4 Å². The SMILES string of the molecule is CC[C@@H]1CC/C=C/[C@H](OC)[C@@H]2CC[C@H]2CN2C[C@@]3(CCCc4cc(C)ccc43)COc3ccc(cc32)C(=O)N=[S@]1(=O)NC(=O)CCc1ccnn1C. The van der Waals surface area contributed by atoms with Gasteiger partial charge in [0.1, 0.15) is 15.7 Å². The topological polar surface area (TPSA) is 115 Å². The van der Waals surface area contributed by atoms with Gasteiger partial charge in [-0.2, -0.15) is 5.10 Å². The van der Waals surface area contributed by atoms with Crippen LogP contribution in [0.3, 0.4) is 0 Å². The molecule has 0 radical (unpaired) electrons. The molecule has 0 unspecified atom stereocenters. The molecule has 52 heavy (non-hydrogen) atoms. The van der Waals surface area contributed by atoms with Crippen molar-refractivity contribution in [2.75, 3.05) is 31.7 Å². The summed E-state index contributed by atoms with van der Waals surface area (Å²) in [6, 6.07) is 14.2. The summed E-state index contributed by atoms with van der Waals surface area (Å²) in [5, 5.41) is 3.66. The molecule has 4 aliphatic rings. The van der Waals surface area contributed by atoms with Gasteiger partial charge in [-0.25, -0.2) is 4.21 Å². The number of nitrogens with one attached hydrogen (secondary N) is 1. The van der Waals surface area contributed by atoms with Crippen LogP contribution in [0.25, 0.3) is 0 Å². The summed E-state index contributed by atoms with van der Waals surface area (Å²) in [6.07, 6.45) is 13.5. The summed E-state index contributed by atoms with van der Waals surface area (Å²) in [7, 11) is 0.117. The Labute approximate surface area is 308 Å². The van der Waals surface area contributed by atoms with Gasteiger partial charge in [0, 0.05) is 56.5 Å². The maximum absolute atomic E-state index is 14.8. The van der Waals surface area contributed by atoms with E-state index < -0.39 is 27.0 Å². The molecule has 6 atom stereocenters. The summed E-state index contributed by atoms with van der Waals surface area (Å²) in [4.78, 5) is 29.9. The van der Waals surface area contributed by atoms with E-state index in [-0.39, 0.29) is 17.9 Å². The van der Waals surface area contributed by atoms with E-state index in [1.807, 2.05) is 32.2 Å². The molecule has 2 amide bonds. The zero-order valence-electron chi connectivity index (χ0n) is 31.0. The van der Waals surface area contributed by atoms with Crippen molar-refractivity contribution in [1.29, 1.82) is 0 Å². The number of fused-ring (bicyclic) bond motifs is 4. The van der Waals surface area contributed by atoms with Crippen LogP contribution in [0, 0.1) is 18.8 Å². The Morgan fingerprint density at radius 2 is 2.02 bits per heavy atom. The Hall–Kier alpha value is -3.96. The maximum atomic E-state index is 14.8. The van der Waals surface area contributed by atoms with Crippen molar-refractivity contribution in [2.24, 2.45) is 23.2 Å². The van der Waals surface area contributed by atoms with Gasteiger partial charge in [0.2, 0.25) is 5.91 Å². The zero-order chi connectivity index (χ0) is 36.5. The highest BCUT2D eigenvalue weighted by molar-refractivity contribution is 7.93. The number of nitrogens with zero attached hydrogens (tertiary/aromatic N) is 4. The number of methoxy groups -OCH3 is 1. The highest BCUT2D eigenvalue weighted by Crippen LogP contribution is 2.47. The van der Waals surface area contributed by atoms with Crippen molar-refractivity contribution < 1.29 is 23.3 Å². The molecule has 278 valence electrons. The number of hydrogen-bond acceptors (Lipinski definition) is 7. The highest BCUT2D eigenvalue weighted by Gasteiger charge is 2.44. The van der Waals surface area contributed by atoms with Crippen LogP contribution < -0.4 is 14.4 Å². The van der Waals surface area contributed by atoms with Crippen molar-refractivity contribution in [2.45, 2.75) is 94.8 Å². The van der Waals surface area contributed by atoms with Crippen molar-refractivity contribution in [1.82, 2.24) is 14.5 Å². The van der Waals surface area contributed by atoms with Crippen LogP contribution in [0.15, 0.2) is 65.2 Å². The first-order valence-corrected chi connectivity index (χ1v) is 20.6. The molecule has 2 aromatic carbocycles. The molecule has 10 nitrogen and oxygen atoms in total. The van der Waals surface area contributed by atoms with Crippen molar-refractivity contribution in [3.8, 4) is 5.75 Å². The average Bonchev–Trinajstić information content (AvgIpc) is 3.47. The molecule has 3 aromatic rings. The molecular formula is C41H53N5O5S. The summed E-state index contributed by atoms with van der Waals surface area (Å²) in [5.41, 5.74) is 5.92. The minimum absolute atomic E-state index is 0.0320. The van der Waals surface area contributed by atoms with Crippen molar-refractivity contribution in [3.63, 3.8) is 0 Å². The molecule has 0 saturated heterocycles. The monoisotopic (exact) mass is 727 g/mol. The first-order valence-electron chi connectivity index (χ1n) is 19.0. The highest BCUT2D eigenvalue weighted by atomic mass is 32.2. The van der Waals surface area contributed by atoms with Crippen molar-refractivity contribution in [3.05, 3.63) is 88.8 Å². The first-order chi connectivity index (χ1) is 25.1. The number of aromatic nitrogens is 2. The molecule has 3 heterocycles. The Kier molecular flexibility index (Phi) is 10.6. The molecule has 2 aliphatic carbocycles. The second-order valence-electron chi connectivity index (χ2n) is 15.3. The Bertz CT molecular complexity index is 1960. The van der Waals surface area contributed by atoms with Gasteiger partial charge in [-0.05, 0) is 112 Å². The van der Waals surface area contributed by atoms with Gasteiger partial charge >= 0.3 is 0 Å². The summed E-state index contributed by atoms with van der Waals surface area (Å²) < 4.78 is 36.5. The lowest BCUT2D eigenvalue weighted by Gasteiger charge is -2.46. The van der Waals surface area contributed by atoms with Crippen LogP contribution in [0.4, 0.5) is 5.69 Å². The quantitative estimate of drug-likeness (QED) is 0.283. The fourth-order valence-electron chi connectivity index (χ4n) is 8.90. The lowest BCUT2D eigenvalue weighted by molar-refractivity contribution is -0.119. The number of benzene rings is 2. The number of hydrogen-bond donors (Lipinski definition) is 1. The van der Waals surface area contributed by atoms with Crippen LogP contribution in [-0.4, -0.2) is 64.0 Å². The Balaban J connectivity index is 1.28. The van der Waals surface area contributed by atoms with E-state index in [9.17, 15) is 13.8 Å². The fraction of sp³-hybridized carbons (Fsp3) is 0.537. The predicted molar refractivity (Wildman–Crippen MR) is 204 cm³/mol. The number of carbonyl (C=O) groups is 2. The molecular weight excluding hydrogens is 675 g/mol. The standard InChI is InChI=1S/C41H53N5O5S/c1-5-33-10-6-7-11-37(50-4)34-16-13-31(34)25-46-26-41(21-8-9-29-23-28(2)12-17-35(29)41)27-51-38-18-14-30(24-36(38)46)40(48)44-52(33,49)43-39(47)19-15-32-20-22-42-45(32)3/h7,11-12,14,17-18,20,22-24,31,33-34,37H,5-6,8-10,13,15-16,19,21,25-27H2,1-4H3,(H,43,44,47,48,49)/b11-7+/t31-,33+,34+,37-,41-,52+/m0/s1. The molecule has 11 heteroatoms. The van der Waals surface area contributed by atoms with E-state index in [1.165, 1.54) is 16.7 Å². The molecule has 1 N–H and O–H groups in total. The number of carbonyl (C=O) groups excluding carboxylic acids is 2. The van der Waals surface area contributed by atoms with Gasteiger partial charge in [-0.15, -0.1) is 4.36 Å². The van der Waals surface area contributed by atoms with E-state index in [4.69, 9.17) is 9.47 Å². The van der Waals surface area contributed by atoms with E-state index in [2.05, 4.69) is 56.4 Å². The number of anilines is 1. The van der Waals surface area contributed by atoms with E-state index in [0.717, 1.165) is 62.3 Å². The smallest absolute Gasteiger partial charge is 0.286 e. The molecule has 2 aliphatic heterocycles. The van der Waals surface area contributed by atoms with Gasteiger partial charge in [0.15, 0.2) is 0 Å². The third-order valence-electron chi connectivity index (χ3n) is 12.0. The second kappa shape index (κ2) is 15.2. The second-order valence-corrected chi connectivity index (χ2v) is 17.5. The van der Waals surface area contributed by atoms with Gasteiger partial charge in [-0.1, -0.05) is 42.8 Å². The van der Waals surface area contributed by atoms with Crippen molar-refractivity contribution >= 4 is 27.4 Å². The molecule has 1 aromatic heterocycles. The van der Waals surface area contributed by atoms with Gasteiger partial charge in [0.25, 0.3) is 5.91 Å². The predicted octanol–water partition coefficient (Wildman–Crippen LogP) is 6.64. The number of ether oxygens (including phenoxy) is 2. The maximum Gasteiger partial charge on any atom is 0.286 e. The third kappa shape index (κ3) is 7.31. The Morgan fingerprint density at radius 1 is 1.15 bits per heavy atom. The number of aryl methyl sites for hydroxylation is 4. The first kappa shape index (κ1) is 36.4. The summed E-state index contributed by atoms with van der Waals surface area (Å²) in [6.45, 7) is 6.22. The molecule has 1 spiro atoms.